The summed E-state index contributed by atoms with van der Waals surface area (Å²) in [5.74, 6) is 0.277. The molecule has 0 spiro atoms. The highest BCUT2D eigenvalue weighted by atomic mass is 35.5. The molecule has 0 bridgehead atoms. The molecule has 1 aliphatic rings. The van der Waals surface area contributed by atoms with Crippen LogP contribution >= 0.6 is 11.6 Å². The summed E-state index contributed by atoms with van der Waals surface area (Å²) in [5.41, 5.74) is 0.904. The lowest BCUT2D eigenvalue weighted by Crippen LogP contribution is -2.36. The zero-order chi connectivity index (χ0) is 20.0. The van der Waals surface area contributed by atoms with Gasteiger partial charge in [0.1, 0.15) is 0 Å². The number of halogens is 1. The number of nitrogens with one attached hydrogen (secondary N) is 2. The quantitative estimate of drug-likeness (QED) is 0.716. The molecule has 0 saturated heterocycles. The lowest BCUT2D eigenvalue weighted by molar-refractivity contribution is -0.126. The molecule has 1 amide bonds. The normalized spacial score (nSPS) is 19.9. The minimum atomic E-state index is -3.47. The molecule has 1 saturated carbocycles. The summed E-state index contributed by atoms with van der Waals surface area (Å²) >= 11 is 6.12. The van der Waals surface area contributed by atoms with Crippen molar-refractivity contribution in [3.05, 3.63) is 65.2 Å². The molecule has 0 heterocycles. The Morgan fingerprint density at radius 1 is 0.964 bits per heavy atom. The molecule has 2 aromatic rings. The summed E-state index contributed by atoms with van der Waals surface area (Å²) in [6.07, 6.45) is 3.21. The average Bonchev–Trinajstić information content (AvgIpc) is 2.72. The van der Waals surface area contributed by atoms with E-state index in [1.807, 2.05) is 24.3 Å². The van der Waals surface area contributed by atoms with Gasteiger partial charge < -0.3 is 5.32 Å². The maximum absolute atomic E-state index is 12.4. The van der Waals surface area contributed by atoms with Crippen molar-refractivity contribution in [2.45, 2.75) is 37.1 Å². The number of rotatable bonds is 7. The zero-order valence-corrected chi connectivity index (χ0v) is 17.2. The molecule has 7 heteroatoms. The molecule has 0 radical (unpaired) electrons. The fraction of sp³-hybridized carbons (Fsp3) is 0.381. The van der Waals surface area contributed by atoms with Crippen LogP contribution < -0.4 is 10.0 Å². The van der Waals surface area contributed by atoms with Gasteiger partial charge in [0.15, 0.2) is 0 Å². The van der Waals surface area contributed by atoms with E-state index in [-0.39, 0.29) is 22.6 Å². The van der Waals surface area contributed by atoms with Gasteiger partial charge in [0, 0.05) is 24.0 Å². The summed E-state index contributed by atoms with van der Waals surface area (Å²) in [4.78, 5) is 12.7. The second-order valence-electron chi connectivity index (χ2n) is 7.19. The Hall–Kier alpha value is -1.89. The molecule has 150 valence electrons. The van der Waals surface area contributed by atoms with Crippen LogP contribution in [0.2, 0.25) is 5.02 Å². The Labute approximate surface area is 171 Å². The smallest absolute Gasteiger partial charge is 0.240 e. The first-order valence-electron chi connectivity index (χ1n) is 9.51. The van der Waals surface area contributed by atoms with E-state index in [1.165, 1.54) is 0 Å². The number of carbonyl (C=O) groups is 1. The third kappa shape index (κ3) is 5.56. The predicted molar refractivity (Wildman–Crippen MR) is 110 cm³/mol. The third-order valence-electron chi connectivity index (χ3n) is 5.24. The van der Waals surface area contributed by atoms with Gasteiger partial charge in [-0.15, -0.1) is 0 Å². The van der Waals surface area contributed by atoms with Gasteiger partial charge >= 0.3 is 0 Å². The Bertz CT molecular complexity index is 895. The fourth-order valence-corrected chi connectivity index (χ4v) is 4.85. The molecule has 2 aromatic carbocycles. The Morgan fingerprint density at radius 3 is 2.29 bits per heavy atom. The zero-order valence-electron chi connectivity index (χ0n) is 15.6. The Balaban J connectivity index is 1.43. The van der Waals surface area contributed by atoms with Crippen molar-refractivity contribution in [1.29, 1.82) is 0 Å². The van der Waals surface area contributed by atoms with Crippen molar-refractivity contribution >= 4 is 27.5 Å². The van der Waals surface area contributed by atoms with Crippen LogP contribution in [0.25, 0.3) is 0 Å². The van der Waals surface area contributed by atoms with Crippen molar-refractivity contribution < 1.29 is 13.2 Å². The largest absolute Gasteiger partial charge is 0.352 e. The van der Waals surface area contributed by atoms with Crippen molar-refractivity contribution in [3.63, 3.8) is 0 Å². The van der Waals surface area contributed by atoms with E-state index < -0.39 is 10.0 Å². The second-order valence-corrected chi connectivity index (χ2v) is 9.37. The van der Waals surface area contributed by atoms with Gasteiger partial charge in [-0.1, -0.05) is 48.0 Å². The predicted octanol–water partition coefficient (Wildman–Crippen LogP) is 3.74. The molecule has 0 unspecified atom stereocenters. The summed E-state index contributed by atoms with van der Waals surface area (Å²) in [6.45, 7) is 0.834. The van der Waals surface area contributed by atoms with Gasteiger partial charge in [-0.2, -0.15) is 0 Å². The number of sulfonamides is 1. The summed E-state index contributed by atoms with van der Waals surface area (Å²) in [6, 6.07) is 15.9. The molecule has 1 aliphatic carbocycles. The molecule has 0 aliphatic heterocycles. The van der Waals surface area contributed by atoms with Crippen LogP contribution in [-0.2, 0) is 21.4 Å². The van der Waals surface area contributed by atoms with Crippen LogP contribution in [0.15, 0.2) is 59.5 Å². The van der Waals surface area contributed by atoms with Crippen LogP contribution in [0.5, 0.6) is 0 Å². The van der Waals surface area contributed by atoms with Gasteiger partial charge in [0.25, 0.3) is 0 Å². The SMILES string of the molecule is O=C(NCc1ccccc1Cl)C1CCC(CNS(=O)(=O)c2ccccc2)CC1. The topological polar surface area (TPSA) is 75.3 Å². The number of hydrogen-bond acceptors (Lipinski definition) is 3. The lowest BCUT2D eigenvalue weighted by atomic mass is 9.81. The van der Waals surface area contributed by atoms with Gasteiger partial charge in [-0.3, -0.25) is 4.79 Å². The molecule has 28 heavy (non-hydrogen) atoms. The van der Waals surface area contributed by atoms with Crippen molar-refractivity contribution in [1.82, 2.24) is 10.0 Å². The monoisotopic (exact) mass is 420 g/mol. The highest BCUT2D eigenvalue weighted by Gasteiger charge is 2.27. The minimum absolute atomic E-state index is 0.0236. The van der Waals surface area contributed by atoms with Gasteiger partial charge in [-0.05, 0) is 55.4 Å². The van der Waals surface area contributed by atoms with E-state index >= 15 is 0 Å². The van der Waals surface area contributed by atoms with Crippen LogP contribution in [-0.4, -0.2) is 20.9 Å². The molecular formula is C21H25ClN2O3S. The van der Waals surface area contributed by atoms with Gasteiger partial charge in [0.2, 0.25) is 15.9 Å². The molecule has 0 atom stereocenters. The first-order chi connectivity index (χ1) is 13.5. The Kier molecular flexibility index (Phi) is 7.10. The van der Waals surface area contributed by atoms with Crippen molar-refractivity contribution in [3.8, 4) is 0 Å². The van der Waals surface area contributed by atoms with Crippen molar-refractivity contribution in [2.24, 2.45) is 11.8 Å². The van der Waals surface area contributed by atoms with Crippen molar-refractivity contribution in [2.75, 3.05) is 6.54 Å². The molecule has 0 aromatic heterocycles. The number of benzene rings is 2. The van der Waals surface area contributed by atoms with Gasteiger partial charge in [-0.25, -0.2) is 13.1 Å². The number of amides is 1. The lowest BCUT2D eigenvalue weighted by Gasteiger charge is -2.28. The molecule has 1 fully saturated rings. The van der Waals surface area contributed by atoms with Crippen LogP contribution in [0.1, 0.15) is 31.2 Å². The van der Waals surface area contributed by atoms with Crippen LogP contribution in [0.4, 0.5) is 0 Å². The average molecular weight is 421 g/mol. The summed E-state index contributed by atoms with van der Waals surface area (Å²) < 4.78 is 27.3. The minimum Gasteiger partial charge on any atom is -0.352 e. The van der Waals surface area contributed by atoms with E-state index in [0.717, 1.165) is 31.2 Å². The summed E-state index contributed by atoms with van der Waals surface area (Å²) in [7, 11) is -3.47. The number of carbonyl (C=O) groups excluding carboxylic acids is 1. The molecule has 3 rings (SSSR count). The third-order valence-corrected chi connectivity index (χ3v) is 7.05. The highest BCUT2D eigenvalue weighted by Crippen LogP contribution is 2.29. The van der Waals surface area contributed by atoms with E-state index in [1.54, 1.807) is 30.3 Å². The van der Waals surface area contributed by atoms with Crippen LogP contribution in [0.3, 0.4) is 0 Å². The maximum atomic E-state index is 12.4. The van der Waals surface area contributed by atoms with E-state index in [0.29, 0.717) is 18.1 Å². The molecule has 5 nitrogen and oxygen atoms in total. The summed E-state index contributed by atoms with van der Waals surface area (Å²) in [5, 5.41) is 3.62. The van der Waals surface area contributed by atoms with E-state index in [4.69, 9.17) is 11.6 Å². The standard InChI is InChI=1S/C21H25ClN2O3S/c22-20-9-5-4-6-18(20)15-23-21(25)17-12-10-16(11-13-17)14-24-28(26,27)19-7-2-1-3-8-19/h1-9,16-17,24H,10-15H2,(H,23,25). The molecule has 2 N–H and O–H groups in total. The maximum Gasteiger partial charge on any atom is 0.240 e. The van der Waals surface area contributed by atoms with Crippen LogP contribution in [0, 0.1) is 11.8 Å². The second kappa shape index (κ2) is 9.54. The van der Waals surface area contributed by atoms with Gasteiger partial charge in [0.05, 0.1) is 4.90 Å². The first-order valence-corrected chi connectivity index (χ1v) is 11.4. The first kappa shape index (κ1) is 20.8. The Morgan fingerprint density at radius 2 is 1.61 bits per heavy atom. The van der Waals surface area contributed by atoms with E-state index in [2.05, 4.69) is 10.0 Å². The highest BCUT2D eigenvalue weighted by molar-refractivity contribution is 7.89. The number of hydrogen-bond donors (Lipinski definition) is 2. The molecular weight excluding hydrogens is 396 g/mol. The van der Waals surface area contributed by atoms with E-state index in [9.17, 15) is 13.2 Å². The fourth-order valence-electron chi connectivity index (χ4n) is 3.51.